The second kappa shape index (κ2) is 5.44. The number of fused-ring (bicyclic) bond motifs is 2. The SMILES string of the molecule is CCCCCCCC(=O)[C@@]1(O)C[C@H]2CC[C@]1(C)C2(C)C. The zero-order valence-electron chi connectivity index (χ0n) is 13.8. The average Bonchev–Trinajstić information content (AvgIpc) is 2.70. The van der Waals surface area contributed by atoms with Gasteiger partial charge in [-0.25, -0.2) is 0 Å². The molecule has 0 spiro atoms. The molecule has 0 aromatic heterocycles. The van der Waals surface area contributed by atoms with Gasteiger partial charge in [0.05, 0.1) is 0 Å². The number of carbonyl (C=O) groups excluding carboxylic acids is 1. The van der Waals surface area contributed by atoms with Crippen LogP contribution in [0.15, 0.2) is 0 Å². The normalized spacial score (nSPS) is 38.4. The molecule has 2 aliphatic rings. The molecule has 116 valence electrons. The maximum Gasteiger partial charge on any atom is 0.164 e. The summed E-state index contributed by atoms with van der Waals surface area (Å²) in [5.74, 6) is 0.633. The minimum Gasteiger partial charge on any atom is -0.381 e. The molecule has 0 unspecified atom stereocenters. The fourth-order valence-electron chi connectivity index (χ4n) is 4.79. The molecular formula is C18H32O2. The Hall–Kier alpha value is -0.370. The standard InChI is InChI=1S/C18H32O2/c1-5-6-7-8-9-10-15(19)18(20)13-14-11-12-17(18,4)16(14,2)3/h14,20H,5-13H2,1-4H3/t14-,17-,18+/m1/s1. The fraction of sp³-hybridized carbons (Fsp3) is 0.944. The predicted octanol–water partition coefficient (Wildman–Crippen LogP) is 4.49. The van der Waals surface area contributed by atoms with Gasteiger partial charge in [0.15, 0.2) is 5.78 Å². The van der Waals surface area contributed by atoms with Crippen LogP contribution < -0.4 is 0 Å². The maximum atomic E-state index is 12.6. The largest absolute Gasteiger partial charge is 0.381 e. The molecule has 1 N–H and O–H groups in total. The molecule has 0 aromatic carbocycles. The minimum absolute atomic E-state index is 0.0968. The fourth-order valence-corrected chi connectivity index (χ4v) is 4.79. The first-order valence-electron chi connectivity index (χ1n) is 8.55. The Bertz CT molecular complexity index is 374. The molecule has 20 heavy (non-hydrogen) atoms. The van der Waals surface area contributed by atoms with Crippen molar-refractivity contribution >= 4 is 5.78 Å². The van der Waals surface area contributed by atoms with Crippen molar-refractivity contribution in [3.63, 3.8) is 0 Å². The number of hydrogen-bond acceptors (Lipinski definition) is 2. The van der Waals surface area contributed by atoms with Crippen LogP contribution in [0.3, 0.4) is 0 Å². The summed E-state index contributed by atoms with van der Waals surface area (Å²) in [5, 5.41) is 11.1. The highest BCUT2D eigenvalue weighted by atomic mass is 16.3. The Morgan fingerprint density at radius 3 is 2.30 bits per heavy atom. The van der Waals surface area contributed by atoms with Gasteiger partial charge in [0.25, 0.3) is 0 Å². The molecule has 2 fully saturated rings. The maximum absolute atomic E-state index is 12.6. The van der Waals surface area contributed by atoms with E-state index in [2.05, 4.69) is 27.7 Å². The molecule has 2 rings (SSSR count). The van der Waals surface area contributed by atoms with Crippen molar-refractivity contribution in [3.8, 4) is 0 Å². The summed E-state index contributed by atoms with van der Waals surface area (Å²) in [6, 6.07) is 0. The van der Waals surface area contributed by atoms with E-state index in [1.54, 1.807) is 0 Å². The Balaban J connectivity index is 1.97. The zero-order chi connectivity index (χ0) is 15.0. The summed E-state index contributed by atoms with van der Waals surface area (Å²) in [6.07, 6.45) is 9.22. The number of carbonyl (C=O) groups is 1. The van der Waals surface area contributed by atoms with Crippen LogP contribution in [0.4, 0.5) is 0 Å². The second-order valence-corrected chi connectivity index (χ2v) is 7.94. The van der Waals surface area contributed by atoms with Crippen LogP contribution in [0.2, 0.25) is 0 Å². The summed E-state index contributed by atoms with van der Waals surface area (Å²) in [7, 11) is 0. The quantitative estimate of drug-likeness (QED) is 0.697. The van der Waals surface area contributed by atoms with E-state index in [-0.39, 0.29) is 16.6 Å². The molecule has 0 radical (unpaired) electrons. The van der Waals surface area contributed by atoms with Gasteiger partial charge in [0.2, 0.25) is 0 Å². The van der Waals surface area contributed by atoms with E-state index in [0.717, 1.165) is 19.3 Å². The molecular weight excluding hydrogens is 248 g/mol. The molecule has 0 heterocycles. The number of unbranched alkanes of at least 4 members (excludes halogenated alkanes) is 4. The summed E-state index contributed by atoms with van der Waals surface area (Å²) in [4.78, 5) is 12.6. The van der Waals surface area contributed by atoms with E-state index in [4.69, 9.17) is 0 Å². The van der Waals surface area contributed by atoms with Crippen molar-refractivity contribution in [2.45, 2.75) is 91.1 Å². The highest BCUT2D eigenvalue weighted by molar-refractivity contribution is 5.89. The van der Waals surface area contributed by atoms with Gasteiger partial charge in [0, 0.05) is 11.8 Å². The number of Topliss-reactive ketones (excluding diaryl/α,β-unsaturated/α-hetero) is 1. The van der Waals surface area contributed by atoms with Crippen molar-refractivity contribution < 1.29 is 9.90 Å². The first kappa shape index (κ1) is 16.0. The Labute approximate surface area is 124 Å². The molecule has 2 heteroatoms. The lowest BCUT2D eigenvalue weighted by Gasteiger charge is -2.44. The summed E-state index contributed by atoms with van der Waals surface area (Å²) < 4.78 is 0. The van der Waals surface area contributed by atoms with Gasteiger partial charge >= 0.3 is 0 Å². The summed E-state index contributed by atoms with van der Waals surface area (Å²) in [6.45, 7) is 8.84. The lowest BCUT2D eigenvalue weighted by molar-refractivity contribution is -0.155. The monoisotopic (exact) mass is 280 g/mol. The van der Waals surface area contributed by atoms with Crippen LogP contribution in [0.5, 0.6) is 0 Å². The van der Waals surface area contributed by atoms with Crippen molar-refractivity contribution in [2.24, 2.45) is 16.7 Å². The van der Waals surface area contributed by atoms with Gasteiger partial charge < -0.3 is 5.11 Å². The van der Waals surface area contributed by atoms with Crippen LogP contribution in [-0.2, 0) is 4.79 Å². The lowest BCUT2D eigenvalue weighted by Crippen LogP contribution is -2.52. The number of rotatable bonds is 7. The van der Waals surface area contributed by atoms with Crippen LogP contribution in [0.1, 0.15) is 85.5 Å². The van der Waals surface area contributed by atoms with Gasteiger partial charge in [-0.15, -0.1) is 0 Å². The van der Waals surface area contributed by atoms with E-state index < -0.39 is 5.60 Å². The highest BCUT2D eigenvalue weighted by Gasteiger charge is 2.70. The highest BCUT2D eigenvalue weighted by Crippen LogP contribution is 2.69. The first-order chi connectivity index (χ1) is 9.29. The van der Waals surface area contributed by atoms with Crippen LogP contribution in [0, 0.1) is 16.7 Å². The lowest BCUT2D eigenvalue weighted by atomic mass is 9.62. The molecule has 3 atom stereocenters. The number of aliphatic hydroxyl groups is 1. The van der Waals surface area contributed by atoms with E-state index in [1.165, 1.54) is 25.7 Å². The smallest absolute Gasteiger partial charge is 0.164 e. The number of hydrogen-bond donors (Lipinski definition) is 1. The number of ketones is 1. The zero-order valence-corrected chi connectivity index (χ0v) is 13.8. The minimum atomic E-state index is -1.05. The van der Waals surface area contributed by atoms with Crippen LogP contribution >= 0.6 is 0 Å². The Morgan fingerprint density at radius 2 is 1.80 bits per heavy atom. The molecule has 0 amide bonds. The second-order valence-electron chi connectivity index (χ2n) is 7.94. The molecule has 2 bridgehead atoms. The Morgan fingerprint density at radius 1 is 1.15 bits per heavy atom. The van der Waals surface area contributed by atoms with E-state index in [0.29, 0.717) is 18.8 Å². The molecule has 0 saturated heterocycles. The first-order valence-corrected chi connectivity index (χ1v) is 8.55. The third-order valence-electron chi connectivity index (χ3n) is 6.86. The van der Waals surface area contributed by atoms with Crippen molar-refractivity contribution in [2.75, 3.05) is 0 Å². The van der Waals surface area contributed by atoms with Gasteiger partial charge in [-0.1, -0.05) is 53.4 Å². The molecule has 2 saturated carbocycles. The Kier molecular flexibility index (Phi) is 4.35. The van der Waals surface area contributed by atoms with Gasteiger partial charge in [-0.05, 0) is 37.0 Å². The summed E-state index contributed by atoms with van der Waals surface area (Å²) >= 11 is 0. The van der Waals surface area contributed by atoms with Crippen LogP contribution in [-0.4, -0.2) is 16.5 Å². The third kappa shape index (κ3) is 2.15. The van der Waals surface area contributed by atoms with Crippen molar-refractivity contribution in [1.29, 1.82) is 0 Å². The van der Waals surface area contributed by atoms with Gasteiger partial charge in [-0.3, -0.25) is 4.79 Å². The summed E-state index contributed by atoms with van der Waals surface area (Å²) in [5.41, 5.74) is -1.17. The predicted molar refractivity (Wildman–Crippen MR) is 82.6 cm³/mol. The molecule has 0 aliphatic heterocycles. The van der Waals surface area contributed by atoms with E-state index >= 15 is 0 Å². The molecule has 2 nitrogen and oxygen atoms in total. The van der Waals surface area contributed by atoms with Crippen molar-refractivity contribution in [3.05, 3.63) is 0 Å². The van der Waals surface area contributed by atoms with E-state index in [9.17, 15) is 9.90 Å². The molecule has 0 aromatic rings. The average molecular weight is 280 g/mol. The molecule has 2 aliphatic carbocycles. The van der Waals surface area contributed by atoms with Gasteiger partial charge in [-0.2, -0.15) is 0 Å². The van der Waals surface area contributed by atoms with Crippen LogP contribution in [0.25, 0.3) is 0 Å². The van der Waals surface area contributed by atoms with Gasteiger partial charge in [0.1, 0.15) is 5.60 Å². The topological polar surface area (TPSA) is 37.3 Å². The third-order valence-corrected chi connectivity index (χ3v) is 6.86. The van der Waals surface area contributed by atoms with Crippen molar-refractivity contribution in [1.82, 2.24) is 0 Å². The van der Waals surface area contributed by atoms with E-state index in [1.807, 2.05) is 0 Å².